The third-order valence-corrected chi connectivity index (χ3v) is 3.94. The smallest absolute Gasteiger partial charge is 0.323 e. The van der Waals surface area contributed by atoms with Gasteiger partial charge in [-0.3, -0.25) is 4.79 Å². The molecule has 1 atom stereocenters. The van der Waals surface area contributed by atoms with E-state index in [0.717, 1.165) is 30.2 Å². The van der Waals surface area contributed by atoms with E-state index in [0.29, 0.717) is 12.5 Å². The standard InChI is InChI=1S/C10H17N5O2S/c1-10(11,8(16)17)5-2-6-18-9-12-13-14-15(9)7-3-4-7/h7H,2-6,11H2,1H3,(H,16,17). The number of hydrogen-bond donors (Lipinski definition) is 2. The normalized spacial score (nSPS) is 18.6. The topological polar surface area (TPSA) is 107 Å². The van der Waals surface area contributed by atoms with E-state index in [1.54, 1.807) is 11.8 Å². The molecule has 1 heterocycles. The lowest BCUT2D eigenvalue weighted by Crippen LogP contribution is -2.44. The Morgan fingerprint density at radius 1 is 1.67 bits per heavy atom. The summed E-state index contributed by atoms with van der Waals surface area (Å²) in [6.07, 6.45) is 3.44. The second kappa shape index (κ2) is 5.23. The van der Waals surface area contributed by atoms with Crippen LogP contribution in [0.4, 0.5) is 0 Å². The maximum absolute atomic E-state index is 10.8. The zero-order chi connectivity index (χ0) is 13.2. The van der Waals surface area contributed by atoms with Crippen LogP contribution in [0.5, 0.6) is 0 Å². The fourth-order valence-electron chi connectivity index (χ4n) is 1.54. The third-order valence-electron chi connectivity index (χ3n) is 2.92. The molecule has 0 aromatic carbocycles. The Morgan fingerprint density at radius 3 is 3.00 bits per heavy atom. The summed E-state index contributed by atoms with van der Waals surface area (Å²) in [5.41, 5.74) is 4.50. The number of aromatic nitrogens is 4. The lowest BCUT2D eigenvalue weighted by molar-refractivity contribution is -0.142. The van der Waals surface area contributed by atoms with Gasteiger partial charge in [-0.2, -0.15) is 0 Å². The molecule has 1 saturated carbocycles. The van der Waals surface area contributed by atoms with Crippen LogP contribution in [0.15, 0.2) is 5.16 Å². The van der Waals surface area contributed by atoms with E-state index in [2.05, 4.69) is 15.5 Å². The highest BCUT2D eigenvalue weighted by Gasteiger charge is 2.29. The fourth-order valence-corrected chi connectivity index (χ4v) is 2.42. The molecule has 0 bridgehead atoms. The number of thioether (sulfide) groups is 1. The molecule has 1 fully saturated rings. The fraction of sp³-hybridized carbons (Fsp3) is 0.800. The van der Waals surface area contributed by atoms with Crippen molar-refractivity contribution in [2.75, 3.05) is 5.75 Å². The van der Waals surface area contributed by atoms with E-state index < -0.39 is 11.5 Å². The molecule has 18 heavy (non-hydrogen) atoms. The van der Waals surface area contributed by atoms with Crippen molar-refractivity contribution in [3.63, 3.8) is 0 Å². The summed E-state index contributed by atoms with van der Waals surface area (Å²) in [5.74, 6) is -0.192. The summed E-state index contributed by atoms with van der Waals surface area (Å²) < 4.78 is 1.85. The Bertz CT molecular complexity index is 430. The van der Waals surface area contributed by atoms with Crippen molar-refractivity contribution < 1.29 is 9.90 Å². The number of tetrazole rings is 1. The number of rotatable bonds is 7. The van der Waals surface area contributed by atoms with Crippen molar-refractivity contribution in [3.05, 3.63) is 0 Å². The molecular weight excluding hydrogens is 254 g/mol. The maximum Gasteiger partial charge on any atom is 0.323 e. The molecule has 7 nitrogen and oxygen atoms in total. The minimum Gasteiger partial charge on any atom is -0.480 e. The van der Waals surface area contributed by atoms with Gasteiger partial charge in [0.05, 0.1) is 6.04 Å². The Morgan fingerprint density at radius 2 is 2.39 bits per heavy atom. The van der Waals surface area contributed by atoms with Crippen molar-refractivity contribution >= 4 is 17.7 Å². The molecule has 0 aliphatic heterocycles. The van der Waals surface area contributed by atoms with Gasteiger partial charge in [0.2, 0.25) is 5.16 Å². The molecule has 1 aliphatic carbocycles. The first-order chi connectivity index (χ1) is 8.50. The van der Waals surface area contributed by atoms with Crippen molar-refractivity contribution in [2.24, 2.45) is 5.73 Å². The van der Waals surface area contributed by atoms with Gasteiger partial charge in [-0.1, -0.05) is 11.8 Å². The molecule has 100 valence electrons. The SMILES string of the molecule is CC(N)(CCCSc1nnnn1C1CC1)C(=O)O. The second-order valence-corrected chi connectivity index (χ2v) is 5.87. The molecule has 1 unspecified atom stereocenters. The Kier molecular flexibility index (Phi) is 3.86. The number of nitrogens with zero attached hydrogens (tertiary/aromatic N) is 4. The highest BCUT2D eigenvalue weighted by Crippen LogP contribution is 2.36. The zero-order valence-electron chi connectivity index (χ0n) is 10.2. The molecule has 0 radical (unpaired) electrons. The Hall–Kier alpha value is -1.15. The molecule has 1 aromatic rings. The molecule has 8 heteroatoms. The summed E-state index contributed by atoms with van der Waals surface area (Å²) in [6, 6.07) is 0.460. The van der Waals surface area contributed by atoms with Crippen molar-refractivity contribution in [2.45, 2.75) is 49.3 Å². The van der Waals surface area contributed by atoms with Gasteiger partial charge in [-0.05, 0) is 43.0 Å². The van der Waals surface area contributed by atoms with Crippen molar-refractivity contribution in [1.29, 1.82) is 0 Å². The average molecular weight is 271 g/mol. The van der Waals surface area contributed by atoms with Crippen LogP contribution in [0.3, 0.4) is 0 Å². The Labute approximate surface area is 109 Å². The molecule has 0 spiro atoms. The van der Waals surface area contributed by atoms with Crippen molar-refractivity contribution in [3.8, 4) is 0 Å². The van der Waals surface area contributed by atoms with Crippen molar-refractivity contribution in [1.82, 2.24) is 20.2 Å². The van der Waals surface area contributed by atoms with E-state index in [9.17, 15) is 4.79 Å². The molecule has 0 saturated heterocycles. The predicted molar refractivity (Wildman–Crippen MR) is 66.3 cm³/mol. The van der Waals surface area contributed by atoms with Crippen LogP contribution >= 0.6 is 11.8 Å². The largest absolute Gasteiger partial charge is 0.480 e. The third kappa shape index (κ3) is 3.20. The number of nitrogens with two attached hydrogens (primary N) is 1. The van der Waals surface area contributed by atoms with Gasteiger partial charge in [0, 0.05) is 5.75 Å². The van der Waals surface area contributed by atoms with Gasteiger partial charge < -0.3 is 10.8 Å². The Balaban J connectivity index is 1.75. The predicted octanol–water partition coefficient (Wildman–Crippen LogP) is 0.682. The molecule has 2 rings (SSSR count). The molecule has 3 N–H and O–H groups in total. The first-order valence-electron chi connectivity index (χ1n) is 5.93. The van der Waals surface area contributed by atoms with Crippen LogP contribution < -0.4 is 5.73 Å². The number of hydrogen-bond acceptors (Lipinski definition) is 6. The van der Waals surface area contributed by atoms with Gasteiger partial charge in [-0.25, -0.2) is 4.68 Å². The summed E-state index contributed by atoms with van der Waals surface area (Å²) in [5, 5.41) is 21.3. The van der Waals surface area contributed by atoms with Crippen LogP contribution in [0, 0.1) is 0 Å². The minimum absolute atomic E-state index is 0.445. The molecule has 0 amide bonds. The number of carboxylic acid groups (broad SMARTS) is 1. The average Bonchev–Trinajstić information content (AvgIpc) is 3.04. The second-order valence-electron chi connectivity index (χ2n) is 4.81. The van der Waals surface area contributed by atoms with Gasteiger partial charge >= 0.3 is 5.97 Å². The lowest BCUT2D eigenvalue weighted by atomic mass is 9.98. The number of aliphatic carboxylic acids is 1. The summed E-state index contributed by atoms with van der Waals surface area (Å²) in [7, 11) is 0. The summed E-state index contributed by atoms with van der Waals surface area (Å²) in [6.45, 7) is 1.54. The van der Waals surface area contributed by atoms with Crippen LogP contribution in [0.25, 0.3) is 0 Å². The quantitative estimate of drug-likeness (QED) is 0.554. The van der Waals surface area contributed by atoms with Crippen LogP contribution in [0.1, 0.15) is 38.6 Å². The molecule has 1 aromatic heterocycles. The number of carbonyl (C=O) groups is 1. The van der Waals surface area contributed by atoms with E-state index in [-0.39, 0.29) is 0 Å². The highest BCUT2D eigenvalue weighted by atomic mass is 32.2. The first-order valence-corrected chi connectivity index (χ1v) is 6.92. The van der Waals surface area contributed by atoms with E-state index >= 15 is 0 Å². The molecule has 1 aliphatic rings. The van der Waals surface area contributed by atoms with Crippen LogP contribution in [-0.2, 0) is 4.79 Å². The van der Waals surface area contributed by atoms with E-state index in [4.69, 9.17) is 10.8 Å². The summed E-state index contributed by atoms with van der Waals surface area (Å²) >= 11 is 1.55. The van der Waals surface area contributed by atoms with Gasteiger partial charge in [0.1, 0.15) is 5.54 Å². The molecular formula is C10H17N5O2S. The van der Waals surface area contributed by atoms with E-state index in [1.165, 1.54) is 6.92 Å². The first kappa shape index (κ1) is 13.3. The maximum atomic E-state index is 10.8. The monoisotopic (exact) mass is 271 g/mol. The highest BCUT2D eigenvalue weighted by molar-refractivity contribution is 7.99. The van der Waals surface area contributed by atoms with Gasteiger partial charge in [0.15, 0.2) is 0 Å². The zero-order valence-corrected chi connectivity index (χ0v) is 11.1. The number of carboxylic acids is 1. The van der Waals surface area contributed by atoms with Gasteiger partial charge in [-0.15, -0.1) is 5.10 Å². The summed E-state index contributed by atoms with van der Waals surface area (Å²) in [4.78, 5) is 10.8. The van der Waals surface area contributed by atoms with Crippen LogP contribution in [-0.4, -0.2) is 42.6 Å². The minimum atomic E-state index is -1.15. The lowest BCUT2D eigenvalue weighted by Gasteiger charge is -2.18. The van der Waals surface area contributed by atoms with E-state index in [1.807, 2.05) is 4.68 Å². The van der Waals surface area contributed by atoms with Gasteiger partial charge in [0.25, 0.3) is 0 Å². The van der Waals surface area contributed by atoms with Crippen LogP contribution in [0.2, 0.25) is 0 Å².